The van der Waals surface area contributed by atoms with Gasteiger partial charge in [-0.3, -0.25) is 4.79 Å². The third-order valence-electron chi connectivity index (χ3n) is 3.77. The van der Waals surface area contributed by atoms with E-state index in [1.165, 1.54) is 5.56 Å². The molecule has 1 heterocycles. The van der Waals surface area contributed by atoms with Gasteiger partial charge in [0.1, 0.15) is 5.75 Å². The number of nitrogens with zero attached hydrogens (tertiary/aromatic N) is 1. The summed E-state index contributed by atoms with van der Waals surface area (Å²) in [4.78, 5) is 13.9. The highest BCUT2D eigenvalue weighted by molar-refractivity contribution is 5.91. The largest absolute Gasteiger partial charge is 0.493 e. The molecule has 0 saturated heterocycles. The Labute approximate surface area is 130 Å². The van der Waals surface area contributed by atoms with Gasteiger partial charge in [-0.2, -0.15) is 0 Å². The molecule has 1 aliphatic heterocycles. The van der Waals surface area contributed by atoms with Crippen LogP contribution >= 0.6 is 0 Å². The topological polar surface area (TPSA) is 29.5 Å². The van der Waals surface area contributed by atoms with Gasteiger partial charge in [0, 0.05) is 26.1 Å². The molecule has 0 N–H and O–H groups in total. The van der Waals surface area contributed by atoms with Crippen LogP contribution in [0.1, 0.15) is 16.7 Å². The van der Waals surface area contributed by atoms with Crippen molar-refractivity contribution in [3.05, 3.63) is 71.3 Å². The fourth-order valence-electron chi connectivity index (χ4n) is 2.54. The van der Waals surface area contributed by atoms with Crippen molar-refractivity contribution in [2.45, 2.75) is 13.0 Å². The van der Waals surface area contributed by atoms with Gasteiger partial charge in [0.25, 0.3) is 0 Å². The number of hydrogen-bond acceptors (Lipinski definition) is 2. The Morgan fingerprint density at radius 1 is 1.23 bits per heavy atom. The number of carbonyl (C=O) groups excluding carboxylic acids is 1. The smallest absolute Gasteiger partial charge is 0.246 e. The lowest BCUT2D eigenvalue weighted by Gasteiger charge is -2.15. The lowest BCUT2D eigenvalue weighted by atomic mass is 10.1. The zero-order chi connectivity index (χ0) is 15.4. The second-order valence-corrected chi connectivity index (χ2v) is 5.48. The van der Waals surface area contributed by atoms with E-state index in [1.54, 1.807) is 11.0 Å². The summed E-state index contributed by atoms with van der Waals surface area (Å²) in [6.07, 6.45) is 4.43. The molecule has 3 rings (SSSR count). The van der Waals surface area contributed by atoms with Gasteiger partial charge in [-0.15, -0.1) is 0 Å². The summed E-state index contributed by atoms with van der Waals surface area (Å²) in [7, 11) is 1.82. The quantitative estimate of drug-likeness (QED) is 0.810. The van der Waals surface area contributed by atoms with E-state index in [0.717, 1.165) is 29.9 Å². The number of fused-ring (bicyclic) bond motifs is 1. The van der Waals surface area contributed by atoms with E-state index in [0.29, 0.717) is 6.54 Å². The first-order chi connectivity index (χ1) is 10.7. The van der Waals surface area contributed by atoms with Crippen LogP contribution in [-0.4, -0.2) is 24.5 Å². The van der Waals surface area contributed by atoms with Crippen LogP contribution in [0.2, 0.25) is 0 Å². The number of benzene rings is 2. The molecule has 2 aromatic carbocycles. The van der Waals surface area contributed by atoms with Gasteiger partial charge >= 0.3 is 0 Å². The highest BCUT2D eigenvalue weighted by Crippen LogP contribution is 2.26. The molecule has 0 unspecified atom stereocenters. The van der Waals surface area contributed by atoms with E-state index < -0.39 is 0 Å². The maximum atomic E-state index is 12.2. The molecule has 0 fully saturated rings. The lowest BCUT2D eigenvalue weighted by molar-refractivity contribution is -0.125. The average Bonchev–Trinajstić information content (AvgIpc) is 3.01. The number of rotatable bonds is 4. The zero-order valence-corrected chi connectivity index (χ0v) is 12.7. The molecule has 1 amide bonds. The number of ether oxygens (including phenoxy) is 1. The Morgan fingerprint density at radius 3 is 2.86 bits per heavy atom. The molecule has 22 heavy (non-hydrogen) atoms. The molecular weight excluding hydrogens is 274 g/mol. The van der Waals surface area contributed by atoms with Crippen molar-refractivity contribution in [3.63, 3.8) is 0 Å². The molecular formula is C19H19NO2. The molecule has 0 aliphatic carbocycles. The minimum Gasteiger partial charge on any atom is -0.493 e. The maximum absolute atomic E-state index is 12.2. The summed E-state index contributed by atoms with van der Waals surface area (Å²) in [5.41, 5.74) is 3.37. The Bertz CT molecular complexity index is 692. The number of likely N-dealkylation sites (N-methyl/N-ethyl adjacent to an activating group) is 1. The van der Waals surface area contributed by atoms with Crippen molar-refractivity contribution >= 4 is 12.0 Å². The van der Waals surface area contributed by atoms with Crippen LogP contribution in [0.5, 0.6) is 5.75 Å². The van der Waals surface area contributed by atoms with Crippen LogP contribution in [0.25, 0.3) is 6.08 Å². The molecule has 3 heteroatoms. The minimum atomic E-state index is 0.000557. The molecule has 0 atom stereocenters. The van der Waals surface area contributed by atoms with Gasteiger partial charge in [0.05, 0.1) is 6.61 Å². The molecule has 0 saturated carbocycles. The van der Waals surface area contributed by atoms with Crippen LogP contribution in [0.3, 0.4) is 0 Å². The van der Waals surface area contributed by atoms with Crippen molar-refractivity contribution < 1.29 is 9.53 Å². The molecule has 1 aliphatic rings. The molecule has 0 spiro atoms. The molecule has 0 radical (unpaired) electrons. The van der Waals surface area contributed by atoms with Gasteiger partial charge in [0.2, 0.25) is 5.91 Å². The van der Waals surface area contributed by atoms with E-state index in [1.807, 2.05) is 55.6 Å². The normalized spacial score (nSPS) is 13.0. The van der Waals surface area contributed by atoms with Crippen molar-refractivity contribution in [2.75, 3.05) is 13.7 Å². The fraction of sp³-hybridized carbons (Fsp3) is 0.211. The van der Waals surface area contributed by atoms with Crippen molar-refractivity contribution in [2.24, 2.45) is 0 Å². The van der Waals surface area contributed by atoms with E-state index in [9.17, 15) is 4.79 Å². The second kappa shape index (κ2) is 6.48. The first-order valence-electron chi connectivity index (χ1n) is 7.45. The van der Waals surface area contributed by atoms with Crippen molar-refractivity contribution in [1.29, 1.82) is 0 Å². The highest BCUT2D eigenvalue weighted by Gasteiger charge is 2.11. The lowest BCUT2D eigenvalue weighted by Crippen LogP contribution is -2.24. The minimum absolute atomic E-state index is 0.000557. The van der Waals surface area contributed by atoms with Gasteiger partial charge in [-0.25, -0.2) is 0 Å². The number of carbonyl (C=O) groups is 1. The van der Waals surface area contributed by atoms with Gasteiger partial charge in [-0.1, -0.05) is 36.4 Å². The average molecular weight is 293 g/mol. The molecule has 3 nitrogen and oxygen atoms in total. The highest BCUT2D eigenvalue weighted by atomic mass is 16.5. The standard InChI is InChI=1S/C19H19NO2/c1-20(14-16-5-3-2-4-6-16)19(21)10-8-15-7-9-18-17(13-15)11-12-22-18/h2-10,13H,11-12,14H2,1H3/b10-8+. The van der Waals surface area contributed by atoms with E-state index >= 15 is 0 Å². The third kappa shape index (κ3) is 3.37. The van der Waals surface area contributed by atoms with Crippen molar-refractivity contribution in [1.82, 2.24) is 4.90 Å². The van der Waals surface area contributed by atoms with Gasteiger partial charge in [0.15, 0.2) is 0 Å². The number of amides is 1. The van der Waals surface area contributed by atoms with Crippen LogP contribution in [0.4, 0.5) is 0 Å². The van der Waals surface area contributed by atoms with E-state index in [2.05, 4.69) is 6.07 Å². The Kier molecular flexibility index (Phi) is 4.24. The summed E-state index contributed by atoms with van der Waals surface area (Å²) in [6.45, 7) is 1.36. The van der Waals surface area contributed by atoms with Crippen LogP contribution in [0.15, 0.2) is 54.6 Å². The van der Waals surface area contributed by atoms with Gasteiger partial charge in [-0.05, 0) is 34.9 Å². The molecule has 112 valence electrons. The first-order valence-corrected chi connectivity index (χ1v) is 7.45. The predicted molar refractivity (Wildman–Crippen MR) is 87.6 cm³/mol. The van der Waals surface area contributed by atoms with Crippen molar-refractivity contribution in [3.8, 4) is 5.75 Å². The summed E-state index contributed by atoms with van der Waals surface area (Å²) >= 11 is 0. The second-order valence-electron chi connectivity index (χ2n) is 5.48. The van der Waals surface area contributed by atoms with E-state index in [-0.39, 0.29) is 5.91 Å². The Morgan fingerprint density at radius 2 is 2.05 bits per heavy atom. The zero-order valence-electron chi connectivity index (χ0n) is 12.7. The summed E-state index contributed by atoms with van der Waals surface area (Å²) in [5.74, 6) is 0.963. The summed E-state index contributed by atoms with van der Waals surface area (Å²) in [6, 6.07) is 16.0. The summed E-state index contributed by atoms with van der Waals surface area (Å²) < 4.78 is 5.48. The van der Waals surface area contributed by atoms with Crippen LogP contribution in [-0.2, 0) is 17.8 Å². The summed E-state index contributed by atoms with van der Waals surface area (Å²) in [5, 5.41) is 0. The SMILES string of the molecule is CN(Cc1ccccc1)C(=O)/C=C/c1ccc2c(c1)CCO2. The predicted octanol–water partition coefficient (Wildman–Crippen LogP) is 3.29. The Hall–Kier alpha value is -2.55. The third-order valence-corrected chi connectivity index (χ3v) is 3.77. The van der Waals surface area contributed by atoms with E-state index in [4.69, 9.17) is 4.74 Å². The fourth-order valence-corrected chi connectivity index (χ4v) is 2.54. The van der Waals surface area contributed by atoms with Gasteiger partial charge < -0.3 is 9.64 Å². The monoisotopic (exact) mass is 293 g/mol. The van der Waals surface area contributed by atoms with Crippen LogP contribution in [0, 0.1) is 0 Å². The molecule has 0 aromatic heterocycles. The Balaban J connectivity index is 1.63. The number of hydrogen-bond donors (Lipinski definition) is 0. The molecule has 0 bridgehead atoms. The van der Waals surface area contributed by atoms with Crippen LogP contribution < -0.4 is 4.74 Å². The maximum Gasteiger partial charge on any atom is 0.246 e. The molecule has 2 aromatic rings. The first kappa shape index (κ1) is 14.4.